The van der Waals surface area contributed by atoms with Crippen LogP contribution in [-0.4, -0.2) is 37.4 Å². The van der Waals surface area contributed by atoms with E-state index in [0.717, 1.165) is 11.3 Å². The lowest BCUT2D eigenvalue weighted by Gasteiger charge is -2.20. The highest BCUT2D eigenvalue weighted by molar-refractivity contribution is 7.91. The number of hydrogen-bond donors (Lipinski definition) is 3. The minimum atomic E-state index is -3.75. The van der Waals surface area contributed by atoms with Crippen LogP contribution in [0.1, 0.15) is 11.8 Å². The third-order valence-electron chi connectivity index (χ3n) is 1.94. The van der Waals surface area contributed by atoms with Crippen molar-refractivity contribution < 1.29 is 18.6 Å². The monoisotopic (exact) mass is 276 g/mol. The average Bonchev–Trinajstić information content (AvgIpc) is 2.76. The Kier molecular flexibility index (Phi) is 4.24. The Morgan fingerprint density at radius 3 is 2.71 bits per heavy atom. The topological polar surface area (TPSA) is 110 Å². The highest BCUT2D eigenvalue weighted by Gasteiger charge is 2.24. The van der Waals surface area contributed by atoms with Crippen molar-refractivity contribution in [1.82, 2.24) is 4.72 Å². The predicted molar refractivity (Wildman–Crippen MR) is 61.9 cm³/mol. The summed E-state index contributed by atoms with van der Waals surface area (Å²) in [5, 5.41) is 26.8. The van der Waals surface area contributed by atoms with Crippen molar-refractivity contribution in [3.8, 4) is 6.07 Å². The lowest BCUT2D eigenvalue weighted by atomic mass is 10.1. The summed E-state index contributed by atoms with van der Waals surface area (Å²) in [6, 6.07) is 4.56. The second-order valence-corrected chi connectivity index (χ2v) is 6.79. The first-order valence-corrected chi connectivity index (χ1v) is 6.93. The fourth-order valence-corrected chi connectivity index (χ4v) is 3.21. The molecule has 0 saturated heterocycles. The third kappa shape index (κ3) is 3.76. The molecule has 6 nitrogen and oxygen atoms in total. The van der Waals surface area contributed by atoms with Crippen LogP contribution in [0.4, 0.5) is 0 Å². The van der Waals surface area contributed by atoms with E-state index in [-0.39, 0.29) is 10.8 Å². The number of sulfonamides is 1. The number of rotatable bonds is 5. The zero-order valence-corrected chi connectivity index (χ0v) is 10.7. The SMILES string of the molecule is CC(O)(CO)CNS(=O)(=O)c1ccc(C#N)s1. The van der Waals surface area contributed by atoms with Gasteiger partial charge < -0.3 is 10.2 Å². The molecule has 17 heavy (non-hydrogen) atoms. The van der Waals surface area contributed by atoms with Crippen LogP contribution in [0.5, 0.6) is 0 Å². The van der Waals surface area contributed by atoms with E-state index in [4.69, 9.17) is 10.4 Å². The second-order valence-electron chi connectivity index (χ2n) is 3.71. The van der Waals surface area contributed by atoms with Crippen LogP contribution in [0.2, 0.25) is 0 Å². The smallest absolute Gasteiger partial charge is 0.250 e. The summed E-state index contributed by atoms with van der Waals surface area (Å²) < 4.78 is 25.6. The minimum absolute atomic E-state index is 0.00258. The molecule has 0 amide bonds. The summed E-state index contributed by atoms with van der Waals surface area (Å²) >= 11 is 0.842. The fourth-order valence-electron chi connectivity index (χ4n) is 0.902. The van der Waals surface area contributed by atoms with Crippen molar-refractivity contribution in [2.24, 2.45) is 0 Å². The normalized spacial score (nSPS) is 15.2. The number of nitrogens with zero attached hydrogens (tertiary/aromatic N) is 1. The van der Waals surface area contributed by atoms with Crippen LogP contribution >= 0.6 is 11.3 Å². The quantitative estimate of drug-likeness (QED) is 0.680. The maximum atomic E-state index is 11.7. The van der Waals surface area contributed by atoms with Crippen molar-refractivity contribution in [3.05, 3.63) is 17.0 Å². The number of nitrogens with one attached hydrogen (secondary N) is 1. The van der Waals surface area contributed by atoms with Crippen LogP contribution in [0.25, 0.3) is 0 Å². The van der Waals surface area contributed by atoms with Gasteiger partial charge in [0, 0.05) is 6.54 Å². The first-order chi connectivity index (χ1) is 7.80. The molecule has 1 unspecified atom stereocenters. The summed E-state index contributed by atoms with van der Waals surface area (Å²) in [5.74, 6) is 0. The summed E-state index contributed by atoms with van der Waals surface area (Å²) in [4.78, 5) is 0.291. The van der Waals surface area contributed by atoms with E-state index < -0.39 is 22.2 Å². The molecule has 0 spiro atoms. The highest BCUT2D eigenvalue weighted by Crippen LogP contribution is 2.20. The summed E-state index contributed by atoms with van der Waals surface area (Å²) in [6.07, 6.45) is 0. The number of hydrogen-bond acceptors (Lipinski definition) is 6. The lowest BCUT2D eigenvalue weighted by molar-refractivity contribution is 0.00682. The van der Waals surface area contributed by atoms with Gasteiger partial charge in [-0.1, -0.05) is 0 Å². The van der Waals surface area contributed by atoms with E-state index in [1.54, 1.807) is 0 Å². The van der Waals surface area contributed by atoms with E-state index in [0.29, 0.717) is 4.88 Å². The fraction of sp³-hybridized carbons (Fsp3) is 0.444. The molecule has 0 bridgehead atoms. The molecule has 0 aliphatic rings. The molecular formula is C9H12N2O4S2. The lowest BCUT2D eigenvalue weighted by Crippen LogP contribution is -2.43. The molecule has 1 rings (SSSR count). The largest absolute Gasteiger partial charge is 0.393 e. The van der Waals surface area contributed by atoms with Crippen molar-refractivity contribution in [2.45, 2.75) is 16.7 Å². The molecule has 0 fully saturated rings. The molecule has 1 atom stereocenters. The number of thiophene rings is 1. The molecule has 0 aromatic carbocycles. The van der Waals surface area contributed by atoms with Crippen LogP contribution in [-0.2, 0) is 10.0 Å². The van der Waals surface area contributed by atoms with Gasteiger partial charge in [-0.2, -0.15) is 5.26 Å². The molecule has 0 aliphatic heterocycles. The second kappa shape index (κ2) is 5.12. The molecule has 94 valence electrons. The first kappa shape index (κ1) is 14.1. The van der Waals surface area contributed by atoms with Gasteiger partial charge in [0.2, 0.25) is 10.0 Å². The van der Waals surface area contributed by atoms with Crippen LogP contribution in [0, 0.1) is 11.3 Å². The highest BCUT2D eigenvalue weighted by atomic mass is 32.2. The van der Waals surface area contributed by atoms with Crippen molar-refractivity contribution in [2.75, 3.05) is 13.2 Å². The van der Waals surface area contributed by atoms with Gasteiger partial charge in [-0.15, -0.1) is 11.3 Å². The number of aliphatic hydroxyl groups is 2. The molecular weight excluding hydrogens is 264 g/mol. The summed E-state index contributed by atoms with van der Waals surface area (Å²) in [5.41, 5.74) is -1.51. The third-order valence-corrected chi connectivity index (χ3v) is 4.82. The molecule has 0 saturated carbocycles. The number of aliphatic hydroxyl groups excluding tert-OH is 1. The van der Waals surface area contributed by atoms with Gasteiger partial charge in [0.05, 0.1) is 12.2 Å². The summed E-state index contributed by atoms with van der Waals surface area (Å²) in [7, 11) is -3.75. The van der Waals surface area contributed by atoms with E-state index in [9.17, 15) is 13.5 Å². The van der Waals surface area contributed by atoms with Gasteiger partial charge in [-0.05, 0) is 19.1 Å². The average molecular weight is 276 g/mol. The Labute approximate surface area is 103 Å². The van der Waals surface area contributed by atoms with Crippen LogP contribution in [0.15, 0.2) is 16.3 Å². The standard InChI is InChI=1S/C9H12N2O4S2/c1-9(13,6-12)5-11-17(14,15)8-3-2-7(4-10)16-8/h2-3,11-13H,5-6H2,1H3. The Bertz CT molecular complexity index is 527. The molecule has 1 aromatic rings. The Balaban J connectivity index is 2.80. The van der Waals surface area contributed by atoms with E-state index >= 15 is 0 Å². The Morgan fingerprint density at radius 1 is 1.59 bits per heavy atom. The maximum absolute atomic E-state index is 11.7. The van der Waals surface area contributed by atoms with Crippen molar-refractivity contribution in [3.63, 3.8) is 0 Å². The summed E-state index contributed by atoms with van der Waals surface area (Å²) in [6.45, 7) is 0.458. The molecule has 1 aromatic heterocycles. The van der Waals surface area contributed by atoms with Crippen molar-refractivity contribution >= 4 is 21.4 Å². The zero-order valence-electron chi connectivity index (χ0n) is 9.04. The molecule has 0 aliphatic carbocycles. The van der Waals surface area contributed by atoms with Crippen LogP contribution in [0.3, 0.4) is 0 Å². The van der Waals surface area contributed by atoms with Gasteiger partial charge in [0.25, 0.3) is 0 Å². The Morgan fingerprint density at radius 2 is 2.24 bits per heavy atom. The van der Waals surface area contributed by atoms with Gasteiger partial charge in [-0.3, -0.25) is 0 Å². The molecule has 1 heterocycles. The predicted octanol–water partition coefficient (Wildman–Crippen LogP) is -0.359. The van der Waals surface area contributed by atoms with E-state index in [1.165, 1.54) is 19.1 Å². The number of nitriles is 1. The van der Waals surface area contributed by atoms with E-state index in [2.05, 4.69) is 4.72 Å². The van der Waals surface area contributed by atoms with Crippen LogP contribution < -0.4 is 4.72 Å². The van der Waals surface area contributed by atoms with Gasteiger partial charge in [0.15, 0.2) is 0 Å². The zero-order chi connectivity index (χ0) is 13.1. The first-order valence-electron chi connectivity index (χ1n) is 4.63. The van der Waals surface area contributed by atoms with Gasteiger partial charge >= 0.3 is 0 Å². The molecule has 3 N–H and O–H groups in total. The molecule has 0 radical (unpaired) electrons. The van der Waals surface area contributed by atoms with E-state index in [1.807, 2.05) is 6.07 Å². The minimum Gasteiger partial charge on any atom is -0.393 e. The van der Waals surface area contributed by atoms with Crippen molar-refractivity contribution in [1.29, 1.82) is 5.26 Å². The van der Waals surface area contributed by atoms with Gasteiger partial charge in [0.1, 0.15) is 15.2 Å². The maximum Gasteiger partial charge on any atom is 0.250 e. The molecule has 8 heteroatoms. The van der Waals surface area contributed by atoms with Gasteiger partial charge in [-0.25, -0.2) is 13.1 Å². The Hall–Kier alpha value is -0.980.